The van der Waals surface area contributed by atoms with Crippen molar-refractivity contribution in [3.8, 4) is 5.88 Å². The molecule has 1 aromatic carbocycles. The Morgan fingerprint density at radius 3 is 2.74 bits per heavy atom. The highest BCUT2D eigenvalue weighted by molar-refractivity contribution is 7.98. The largest absolute Gasteiger partial charge is 0.477 e. The van der Waals surface area contributed by atoms with Gasteiger partial charge in [0.2, 0.25) is 21.8 Å². The summed E-state index contributed by atoms with van der Waals surface area (Å²) in [5.74, 6) is -0.389. The van der Waals surface area contributed by atoms with Gasteiger partial charge in [0.15, 0.2) is 0 Å². The zero-order chi connectivity index (χ0) is 22.7. The molecule has 170 valence electrons. The lowest BCUT2D eigenvalue weighted by molar-refractivity contribution is -0.122. The molecule has 0 saturated carbocycles. The normalized spacial score (nSPS) is 12.4. The summed E-state index contributed by atoms with van der Waals surface area (Å²) in [6.45, 7) is 2.71. The quantitative estimate of drug-likeness (QED) is 0.438. The van der Waals surface area contributed by atoms with Gasteiger partial charge in [0.1, 0.15) is 16.8 Å². The highest BCUT2D eigenvalue weighted by atomic mass is 32.2. The van der Waals surface area contributed by atoms with E-state index >= 15 is 0 Å². The fraction of sp³-hybridized carbons (Fsp3) is 0.429. The van der Waals surface area contributed by atoms with Crippen LogP contribution in [0.15, 0.2) is 47.5 Å². The average molecular weight is 470 g/mol. The number of pyridine rings is 1. The summed E-state index contributed by atoms with van der Waals surface area (Å²) < 4.78 is 47.3. The molecular weight excluding hydrogens is 441 g/mol. The zero-order valence-corrected chi connectivity index (χ0v) is 19.3. The van der Waals surface area contributed by atoms with Crippen molar-refractivity contribution in [1.29, 1.82) is 0 Å². The van der Waals surface area contributed by atoms with Gasteiger partial charge in [-0.2, -0.15) is 16.5 Å². The maximum Gasteiger partial charge on any atom is 0.244 e. The molecule has 1 aromatic heterocycles. The predicted molar refractivity (Wildman–Crippen MR) is 120 cm³/mol. The highest BCUT2D eigenvalue weighted by Gasteiger charge is 2.27. The van der Waals surface area contributed by atoms with E-state index in [4.69, 9.17) is 4.74 Å². The van der Waals surface area contributed by atoms with Crippen molar-refractivity contribution in [3.05, 3.63) is 54.0 Å². The number of hydrogen-bond donors (Lipinski definition) is 2. The molecule has 2 N–H and O–H groups in total. The van der Waals surface area contributed by atoms with E-state index in [1.807, 2.05) is 6.26 Å². The molecule has 1 heterocycles. The first-order chi connectivity index (χ1) is 14.9. The zero-order valence-electron chi connectivity index (χ0n) is 17.6. The third-order valence-electron chi connectivity index (χ3n) is 4.39. The first-order valence-corrected chi connectivity index (χ1v) is 12.9. The molecule has 2 aromatic rings. The Morgan fingerprint density at radius 1 is 1.26 bits per heavy atom. The minimum absolute atomic E-state index is 0.130. The molecule has 0 fully saturated rings. The van der Waals surface area contributed by atoms with E-state index < -0.39 is 32.7 Å². The molecule has 0 saturated heterocycles. The standard InChI is InChI=1S/C21H28FN3O4S2/c1-3-4-13-29-21-16(8-7-12-23-21)15-24-20(26)18(11-14-30-2)25-31(27,28)19-10-6-5-9-17(19)22/h5-10,12,18,25H,3-4,11,13-15H2,1-2H3,(H,24,26). The van der Waals surface area contributed by atoms with Gasteiger partial charge in [-0.15, -0.1) is 0 Å². The lowest BCUT2D eigenvalue weighted by atomic mass is 10.2. The summed E-state index contributed by atoms with van der Waals surface area (Å²) in [6.07, 6.45) is 5.59. The molecule has 1 unspecified atom stereocenters. The molecule has 31 heavy (non-hydrogen) atoms. The van der Waals surface area contributed by atoms with Crippen LogP contribution >= 0.6 is 11.8 Å². The number of nitrogens with one attached hydrogen (secondary N) is 2. The van der Waals surface area contributed by atoms with Crippen LogP contribution in [0.1, 0.15) is 31.7 Å². The molecule has 0 aliphatic carbocycles. The van der Waals surface area contributed by atoms with E-state index in [2.05, 4.69) is 21.9 Å². The number of ether oxygens (including phenoxy) is 1. The third kappa shape index (κ3) is 7.79. The number of amides is 1. The SMILES string of the molecule is CCCCOc1ncccc1CNC(=O)C(CCSC)NS(=O)(=O)c1ccccc1F. The lowest BCUT2D eigenvalue weighted by Crippen LogP contribution is -2.47. The smallest absolute Gasteiger partial charge is 0.244 e. The van der Waals surface area contributed by atoms with Gasteiger partial charge in [0.05, 0.1) is 6.61 Å². The van der Waals surface area contributed by atoms with E-state index in [-0.39, 0.29) is 13.0 Å². The summed E-state index contributed by atoms with van der Waals surface area (Å²) in [5, 5.41) is 2.74. The minimum atomic E-state index is -4.20. The number of carbonyl (C=O) groups is 1. The van der Waals surface area contributed by atoms with Crippen LogP contribution in [0.3, 0.4) is 0 Å². The summed E-state index contributed by atoms with van der Waals surface area (Å²) in [7, 11) is -4.20. The van der Waals surface area contributed by atoms with E-state index in [0.717, 1.165) is 25.0 Å². The van der Waals surface area contributed by atoms with E-state index in [9.17, 15) is 17.6 Å². The van der Waals surface area contributed by atoms with Gasteiger partial charge in [-0.05, 0) is 43.0 Å². The summed E-state index contributed by atoms with van der Waals surface area (Å²) in [4.78, 5) is 16.5. The molecule has 0 radical (unpaired) electrons. The summed E-state index contributed by atoms with van der Waals surface area (Å²) in [6, 6.07) is 7.54. The second-order valence-corrected chi connectivity index (χ2v) is 9.44. The van der Waals surface area contributed by atoms with E-state index in [0.29, 0.717) is 23.8 Å². The maximum atomic E-state index is 14.0. The molecule has 0 spiro atoms. The van der Waals surface area contributed by atoms with Crippen molar-refractivity contribution in [1.82, 2.24) is 15.0 Å². The van der Waals surface area contributed by atoms with Crippen LogP contribution in [-0.2, 0) is 21.4 Å². The van der Waals surface area contributed by atoms with Gasteiger partial charge in [-0.1, -0.05) is 31.5 Å². The summed E-state index contributed by atoms with van der Waals surface area (Å²) in [5.41, 5.74) is 0.688. The molecular formula is C21H28FN3O4S2. The number of nitrogens with zero attached hydrogens (tertiary/aromatic N) is 1. The monoisotopic (exact) mass is 469 g/mol. The van der Waals surface area contributed by atoms with Crippen molar-refractivity contribution >= 4 is 27.7 Å². The fourth-order valence-corrected chi connectivity index (χ4v) is 4.48. The average Bonchev–Trinajstić information content (AvgIpc) is 2.76. The molecule has 1 amide bonds. The second kappa shape index (κ2) is 12.6. The Hall–Kier alpha value is -2.17. The summed E-state index contributed by atoms with van der Waals surface area (Å²) >= 11 is 1.48. The molecule has 7 nitrogen and oxygen atoms in total. The number of aromatic nitrogens is 1. The van der Waals surface area contributed by atoms with Gasteiger partial charge in [-0.25, -0.2) is 17.8 Å². The topological polar surface area (TPSA) is 97.4 Å². The van der Waals surface area contributed by atoms with Crippen LogP contribution < -0.4 is 14.8 Å². The number of benzene rings is 1. The minimum Gasteiger partial charge on any atom is -0.477 e. The van der Waals surface area contributed by atoms with Crippen molar-refractivity contribution in [2.75, 3.05) is 18.6 Å². The molecule has 2 rings (SSSR count). The number of unbranched alkanes of at least 4 members (excludes halogenated alkanes) is 1. The molecule has 0 bridgehead atoms. The maximum absolute atomic E-state index is 14.0. The number of halogens is 1. The van der Waals surface area contributed by atoms with E-state index in [1.54, 1.807) is 18.3 Å². The van der Waals surface area contributed by atoms with Crippen LogP contribution in [0.5, 0.6) is 5.88 Å². The first kappa shape index (κ1) is 25.1. The van der Waals surface area contributed by atoms with Crippen molar-refractivity contribution < 1.29 is 22.3 Å². The predicted octanol–water partition coefficient (Wildman–Crippen LogP) is 3.12. The number of carbonyl (C=O) groups excluding carboxylic acids is 1. The van der Waals surface area contributed by atoms with Gasteiger partial charge in [-0.3, -0.25) is 4.79 Å². The van der Waals surface area contributed by atoms with Crippen LogP contribution in [0.2, 0.25) is 0 Å². The Morgan fingerprint density at radius 2 is 2.03 bits per heavy atom. The third-order valence-corrected chi connectivity index (χ3v) is 6.54. The molecule has 10 heteroatoms. The van der Waals surface area contributed by atoms with Crippen molar-refractivity contribution in [2.45, 2.75) is 43.7 Å². The molecule has 1 atom stereocenters. The lowest BCUT2D eigenvalue weighted by Gasteiger charge is -2.19. The Labute approximate surface area is 187 Å². The second-order valence-electron chi connectivity index (χ2n) is 6.77. The van der Waals surface area contributed by atoms with Crippen LogP contribution in [-0.4, -0.2) is 44.0 Å². The van der Waals surface area contributed by atoms with Gasteiger partial charge >= 0.3 is 0 Å². The fourth-order valence-electron chi connectivity index (χ4n) is 2.70. The molecule has 0 aliphatic rings. The van der Waals surface area contributed by atoms with E-state index in [1.165, 1.54) is 23.9 Å². The number of sulfonamides is 1. The van der Waals surface area contributed by atoms with Gasteiger partial charge in [0, 0.05) is 18.3 Å². The number of rotatable bonds is 13. The first-order valence-electron chi connectivity index (χ1n) is 9.99. The van der Waals surface area contributed by atoms with Gasteiger partial charge in [0.25, 0.3) is 0 Å². The van der Waals surface area contributed by atoms with Gasteiger partial charge < -0.3 is 10.1 Å². The molecule has 0 aliphatic heterocycles. The number of hydrogen-bond acceptors (Lipinski definition) is 6. The van der Waals surface area contributed by atoms with Crippen LogP contribution in [0, 0.1) is 5.82 Å². The Balaban J connectivity index is 2.09. The van der Waals surface area contributed by atoms with Crippen molar-refractivity contribution in [2.24, 2.45) is 0 Å². The number of thioether (sulfide) groups is 1. The highest BCUT2D eigenvalue weighted by Crippen LogP contribution is 2.16. The van der Waals surface area contributed by atoms with Crippen LogP contribution in [0.25, 0.3) is 0 Å². The Bertz CT molecular complexity index is 957. The van der Waals surface area contributed by atoms with Crippen molar-refractivity contribution in [3.63, 3.8) is 0 Å². The Kier molecular flexibility index (Phi) is 10.2. The van der Waals surface area contributed by atoms with Crippen LogP contribution in [0.4, 0.5) is 4.39 Å².